The van der Waals surface area contributed by atoms with Crippen molar-refractivity contribution >= 4 is 22.5 Å². The fourth-order valence-corrected chi connectivity index (χ4v) is 5.01. The lowest BCUT2D eigenvalue weighted by atomic mass is 9.88. The predicted molar refractivity (Wildman–Crippen MR) is 107 cm³/mol. The SMILES string of the molecule is CC1(C)C[C@H](C(=O)Nc2cc3cc([C@]4(C#N)CC45CC5)ccc3cn2)CCO1. The average molecular weight is 375 g/mol. The molecule has 1 saturated heterocycles. The maximum absolute atomic E-state index is 12.7. The Hall–Kier alpha value is -2.45. The van der Waals surface area contributed by atoms with Crippen LogP contribution >= 0.6 is 0 Å². The van der Waals surface area contributed by atoms with E-state index in [4.69, 9.17) is 4.74 Å². The highest BCUT2D eigenvalue weighted by Crippen LogP contribution is 2.78. The van der Waals surface area contributed by atoms with E-state index in [0.717, 1.165) is 42.0 Å². The lowest BCUT2D eigenvalue weighted by Crippen LogP contribution is -2.39. The second-order valence-electron chi connectivity index (χ2n) is 9.39. The Balaban J connectivity index is 1.39. The summed E-state index contributed by atoms with van der Waals surface area (Å²) in [6.45, 7) is 4.66. The maximum atomic E-state index is 12.7. The van der Waals surface area contributed by atoms with Crippen molar-refractivity contribution in [2.24, 2.45) is 11.3 Å². The van der Waals surface area contributed by atoms with E-state index in [2.05, 4.69) is 28.5 Å². The number of carbonyl (C=O) groups is 1. The molecule has 1 aromatic carbocycles. The summed E-state index contributed by atoms with van der Waals surface area (Å²) in [4.78, 5) is 17.1. The van der Waals surface area contributed by atoms with Gasteiger partial charge in [0.1, 0.15) is 5.82 Å². The maximum Gasteiger partial charge on any atom is 0.228 e. The molecule has 3 fully saturated rings. The van der Waals surface area contributed by atoms with E-state index in [0.29, 0.717) is 18.8 Å². The lowest BCUT2D eigenvalue weighted by molar-refractivity contribution is -0.130. The average Bonchev–Trinajstić information content (AvgIpc) is 3.58. The molecule has 0 unspecified atom stereocenters. The molecule has 144 valence electrons. The van der Waals surface area contributed by atoms with Crippen LogP contribution in [0.5, 0.6) is 0 Å². The molecule has 1 aromatic heterocycles. The van der Waals surface area contributed by atoms with Gasteiger partial charge < -0.3 is 10.1 Å². The van der Waals surface area contributed by atoms with Crippen LogP contribution in [0.15, 0.2) is 30.5 Å². The predicted octanol–water partition coefficient (Wildman–Crippen LogP) is 4.32. The van der Waals surface area contributed by atoms with E-state index in [9.17, 15) is 10.1 Å². The fourth-order valence-electron chi connectivity index (χ4n) is 5.01. The number of hydrogen-bond acceptors (Lipinski definition) is 4. The Morgan fingerprint density at radius 3 is 2.79 bits per heavy atom. The molecule has 0 radical (unpaired) electrons. The summed E-state index contributed by atoms with van der Waals surface area (Å²) < 4.78 is 5.72. The molecule has 5 nitrogen and oxygen atoms in total. The Morgan fingerprint density at radius 2 is 2.11 bits per heavy atom. The van der Waals surface area contributed by atoms with Gasteiger partial charge in [0.15, 0.2) is 0 Å². The molecule has 1 N–H and O–H groups in total. The molecule has 2 heterocycles. The van der Waals surface area contributed by atoms with Gasteiger partial charge in [-0.3, -0.25) is 4.79 Å². The van der Waals surface area contributed by atoms with Gasteiger partial charge in [0, 0.05) is 24.1 Å². The monoisotopic (exact) mass is 375 g/mol. The number of anilines is 1. The number of nitriles is 1. The van der Waals surface area contributed by atoms with Crippen molar-refractivity contribution in [3.63, 3.8) is 0 Å². The first-order valence-electron chi connectivity index (χ1n) is 10.1. The first-order valence-corrected chi connectivity index (χ1v) is 10.1. The first-order chi connectivity index (χ1) is 13.4. The Kier molecular flexibility index (Phi) is 3.64. The van der Waals surface area contributed by atoms with Crippen molar-refractivity contribution in [1.29, 1.82) is 5.26 Å². The summed E-state index contributed by atoms with van der Waals surface area (Å²) in [7, 11) is 0. The third kappa shape index (κ3) is 2.70. The molecule has 2 atom stereocenters. The molecule has 3 aliphatic rings. The Bertz CT molecular complexity index is 1020. The second-order valence-corrected chi connectivity index (χ2v) is 9.39. The van der Waals surface area contributed by atoms with Crippen molar-refractivity contribution in [3.8, 4) is 6.07 Å². The number of pyridine rings is 1. The highest BCUT2D eigenvalue weighted by molar-refractivity contribution is 5.94. The normalized spacial score (nSPS) is 29.2. The van der Waals surface area contributed by atoms with Gasteiger partial charge in [0.25, 0.3) is 0 Å². The van der Waals surface area contributed by atoms with Crippen molar-refractivity contribution in [2.75, 3.05) is 11.9 Å². The molecule has 28 heavy (non-hydrogen) atoms. The van der Waals surface area contributed by atoms with E-state index in [1.807, 2.05) is 26.0 Å². The molecule has 5 heteroatoms. The highest BCUT2D eigenvalue weighted by Gasteiger charge is 2.75. The van der Waals surface area contributed by atoms with Crippen LogP contribution in [0.1, 0.15) is 51.5 Å². The zero-order chi connectivity index (χ0) is 19.6. The quantitative estimate of drug-likeness (QED) is 0.867. The number of carbonyl (C=O) groups excluding carboxylic acids is 1. The van der Waals surface area contributed by atoms with E-state index in [-0.39, 0.29) is 28.3 Å². The van der Waals surface area contributed by atoms with E-state index >= 15 is 0 Å². The molecule has 0 bridgehead atoms. The first kappa shape index (κ1) is 17.6. The molecule has 2 aromatic rings. The van der Waals surface area contributed by atoms with Crippen LogP contribution < -0.4 is 5.32 Å². The largest absolute Gasteiger partial charge is 0.376 e. The number of benzene rings is 1. The number of nitrogens with zero attached hydrogens (tertiary/aromatic N) is 2. The molecule has 2 saturated carbocycles. The molecular formula is C23H25N3O2. The zero-order valence-corrected chi connectivity index (χ0v) is 16.4. The number of ether oxygens (including phenoxy) is 1. The Labute approximate surface area is 165 Å². The smallest absolute Gasteiger partial charge is 0.228 e. The van der Waals surface area contributed by atoms with E-state index in [1.165, 1.54) is 0 Å². The Morgan fingerprint density at radius 1 is 1.29 bits per heavy atom. The number of nitrogens with one attached hydrogen (secondary N) is 1. The number of fused-ring (bicyclic) bond motifs is 1. The van der Waals surface area contributed by atoms with Crippen LogP contribution in [0.4, 0.5) is 5.82 Å². The number of aromatic nitrogens is 1. The van der Waals surface area contributed by atoms with Crippen LogP contribution in [-0.4, -0.2) is 23.1 Å². The molecule has 5 rings (SSSR count). The summed E-state index contributed by atoms with van der Waals surface area (Å²) in [5.41, 5.74) is 0.784. The van der Waals surface area contributed by atoms with Crippen LogP contribution in [0, 0.1) is 22.7 Å². The lowest BCUT2D eigenvalue weighted by Gasteiger charge is -2.34. The standard InChI is InChI=1S/C23H25N3O2/c1-21(2)11-15(5-8-28-21)20(27)26-19-10-17-9-18(4-3-16(17)12-25-19)23(14-24)13-22(23)6-7-22/h3-4,9-10,12,15H,5-8,11,13H2,1-2H3,(H,25,26,27)/t15-,23-/m1/s1. The van der Waals surface area contributed by atoms with E-state index < -0.39 is 0 Å². The number of hydrogen-bond donors (Lipinski definition) is 1. The zero-order valence-electron chi connectivity index (χ0n) is 16.4. The highest BCUT2D eigenvalue weighted by atomic mass is 16.5. The van der Waals surface area contributed by atoms with E-state index in [1.54, 1.807) is 6.20 Å². The molecule has 1 aliphatic heterocycles. The molecule has 2 aliphatic carbocycles. The van der Waals surface area contributed by atoms with Gasteiger partial charge in [-0.1, -0.05) is 12.1 Å². The van der Waals surface area contributed by atoms with Gasteiger partial charge in [0.05, 0.1) is 17.1 Å². The summed E-state index contributed by atoms with van der Waals surface area (Å²) >= 11 is 0. The van der Waals surface area contributed by atoms with Crippen molar-refractivity contribution < 1.29 is 9.53 Å². The van der Waals surface area contributed by atoms with Gasteiger partial charge >= 0.3 is 0 Å². The van der Waals surface area contributed by atoms with Crippen LogP contribution in [-0.2, 0) is 14.9 Å². The molecule has 1 amide bonds. The van der Waals surface area contributed by atoms with Gasteiger partial charge in [-0.2, -0.15) is 5.26 Å². The molecular weight excluding hydrogens is 350 g/mol. The minimum Gasteiger partial charge on any atom is -0.376 e. The fraction of sp³-hybridized carbons (Fsp3) is 0.522. The van der Waals surface area contributed by atoms with Crippen molar-refractivity contribution in [1.82, 2.24) is 4.98 Å². The minimum atomic E-state index is -0.304. The van der Waals surface area contributed by atoms with Crippen molar-refractivity contribution in [3.05, 3.63) is 36.0 Å². The number of rotatable bonds is 3. The third-order valence-electron chi connectivity index (χ3n) is 6.96. The summed E-state index contributed by atoms with van der Waals surface area (Å²) in [5, 5.41) is 14.8. The van der Waals surface area contributed by atoms with Gasteiger partial charge in [-0.05, 0) is 74.4 Å². The summed E-state index contributed by atoms with van der Waals surface area (Å²) in [6, 6.07) is 10.7. The minimum absolute atomic E-state index is 0.00648. The topological polar surface area (TPSA) is 75.0 Å². The summed E-state index contributed by atoms with van der Waals surface area (Å²) in [6.07, 6.45) is 6.55. The van der Waals surface area contributed by atoms with Crippen LogP contribution in [0.25, 0.3) is 10.8 Å². The number of amides is 1. The van der Waals surface area contributed by atoms with Gasteiger partial charge in [-0.15, -0.1) is 0 Å². The third-order valence-corrected chi connectivity index (χ3v) is 6.96. The van der Waals surface area contributed by atoms with Crippen molar-refractivity contribution in [2.45, 2.75) is 57.0 Å². The van der Waals surface area contributed by atoms with Gasteiger partial charge in [0.2, 0.25) is 5.91 Å². The van der Waals surface area contributed by atoms with Gasteiger partial charge in [-0.25, -0.2) is 4.98 Å². The second kappa shape index (κ2) is 5.78. The molecule has 1 spiro atoms. The summed E-state index contributed by atoms with van der Waals surface area (Å²) in [5.74, 6) is 0.518. The van der Waals surface area contributed by atoms with Crippen LogP contribution in [0.2, 0.25) is 0 Å². The van der Waals surface area contributed by atoms with Crippen LogP contribution in [0.3, 0.4) is 0 Å².